The van der Waals surface area contributed by atoms with E-state index in [1.807, 2.05) is 0 Å². The third-order valence-corrected chi connectivity index (χ3v) is 2.90. The highest BCUT2D eigenvalue weighted by atomic mass is 16.3. The third kappa shape index (κ3) is 4.79. The molecular weight excluding hydrogens is 202 g/mol. The smallest absolute Gasteiger partial charge is 0.223 e. The van der Waals surface area contributed by atoms with Crippen LogP contribution >= 0.6 is 0 Å². The predicted octanol–water partition coefficient (Wildman–Crippen LogP) is 1.87. The predicted molar refractivity (Wildman–Crippen MR) is 65.0 cm³/mol. The summed E-state index contributed by atoms with van der Waals surface area (Å²) < 4.78 is 0. The molecule has 16 heavy (non-hydrogen) atoms. The lowest BCUT2D eigenvalue weighted by atomic mass is 9.93. The monoisotopic (exact) mass is 225 g/mol. The van der Waals surface area contributed by atoms with Crippen molar-refractivity contribution in [3.8, 4) is 0 Å². The molecule has 1 rings (SSSR count). The number of aliphatic hydroxyl groups excluding tert-OH is 1. The van der Waals surface area contributed by atoms with Gasteiger partial charge < -0.3 is 10.4 Å². The molecule has 92 valence electrons. The first-order valence-corrected chi connectivity index (χ1v) is 6.20. The Morgan fingerprint density at radius 1 is 1.50 bits per heavy atom. The Bertz CT molecular complexity index is 248. The Labute approximate surface area is 97.9 Å². The fourth-order valence-electron chi connectivity index (χ4n) is 2.02. The zero-order valence-corrected chi connectivity index (χ0v) is 10.3. The molecule has 3 nitrogen and oxygen atoms in total. The average molecular weight is 225 g/mol. The second-order valence-corrected chi connectivity index (χ2v) is 5.01. The Kier molecular flexibility index (Phi) is 5.53. The molecule has 0 aromatic rings. The molecule has 1 amide bonds. The van der Waals surface area contributed by atoms with E-state index in [1.165, 1.54) is 0 Å². The van der Waals surface area contributed by atoms with Gasteiger partial charge in [-0.2, -0.15) is 0 Å². The number of rotatable bonds is 5. The second-order valence-electron chi connectivity index (χ2n) is 5.01. The number of nitrogens with one attached hydrogen (secondary N) is 1. The van der Waals surface area contributed by atoms with E-state index in [0.717, 1.165) is 25.7 Å². The highest BCUT2D eigenvalue weighted by Gasteiger charge is 2.19. The summed E-state index contributed by atoms with van der Waals surface area (Å²) in [6.45, 7) is 4.52. The van der Waals surface area contributed by atoms with Crippen LogP contribution in [0.15, 0.2) is 12.2 Å². The molecule has 0 saturated carbocycles. The summed E-state index contributed by atoms with van der Waals surface area (Å²) in [7, 11) is 0. The molecule has 0 aromatic carbocycles. The number of allylic oxidation sites excluding steroid dienone is 2. The number of carbonyl (C=O) groups excluding carboxylic acids is 1. The Hall–Kier alpha value is -0.830. The third-order valence-electron chi connectivity index (χ3n) is 2.90. The summed E-state index contributed by atoms with van der Waals surface area (Å²) in [5.74, 6) is 0.660. The van der Waals surface area contributed by atoms with Crippen molar-refractivity contribution < 1.29 is 9.90 Å². The minimum absolute atomic E-state index is 0.0900. The van der Waals surface area contributed by atoms with E-state index >= 15 is 0 Å². The second kappa shape index (κ2) is 6.69. The molecule has 2 N–H and O–H groups in total. The molecule has 0 spiro atoms. The number of hydrogen-bond acceptors (Lipinski definition) is 2. The SMILES string of the molecule is CC(C)CC(O)CNC(=O)C1CC=CCC1. The maximum atomic E-state index is 11.7. The van der Waals surface area contributed by atoms with Crippen LogP contribution in [0.25, 0.3) is 0 Å². The van der Waals surface area contributed by atoms with Crippen LogP contribution in [0, 0.1) is 11.8 Å². The van der Waals surface area contributed by atoms with Gasteiger partial charge in [0, 0.05) is 12.5 Å². The molecule has 0 radical (unpaired) electrons. The largest absolute Gasteiger partial charge is 0.391 e. The van der Waals surface area contributed by atoms with Crippen molar-refractivity contribution in [2.45, 2.75) is 45.6 Å². The van der Waals surface area contributed by atoms with E-state index in [0.29, 0.717) is 12.5 Å². The maximum Gasteiger partial charge on any atom is 0.223 e. The van der Waals surface area contributed by atoms with Crippen LogP contribution in [0.2, 0.25) is 0 Å². The van der Waals surface area contributed by atoms with Gasteiger partial charge in [0.25, 0.3) is 0 Å². The van der Waals surface area contributed by atoms with Crippen molar-refractivity contribution >= 4 is 5.91 Å². The van der Waals surface area contributed by atoms with Gasteiger partial charge in [0.2, 0.25) is 5.91 Å². The average Bonchev–Trinajstić information content (AvgIpc) is 2.26. The lowest BCUT2D eigenvalue weighted by Gasteiger charge is -2.19. The molecule has 0 aliphatic heterocycles. The van der Waals surface area contributed by atoms with Crippen molar-refractivity contribution in [1.82, 2.24) is 5.32 Å². The van der Waals surface area contributed by atoms with E-state index in [1.54, 1.807) is 0 Å². The first-order chi connectivity index (χ1) is 7.59. The maximum absolute atomic E-state index is 11.7. The molecular formula is C13H23NO2. The van der Waals surface area contributed by atoms with Crippen LogP contribution < -0.4 is 5.32 Å². The summed E-state index contributed by atoms with van der Waals surface area (Å²) in [5.41, 5.74) is 0. The van der Waals surface area contributed by atoms with Gasteiger partial charge in [0.1, 0.15) is 0 Å². The van der Waals surface area contributed by atoms with Crippen molar-refractivity contribution in [2.24, 2.45) is 11.8 Å². The molecule has 0 aromatic heterocycles. The fourth-order valence-corrected chi connectivity index (χ4v) is 2.02. The highest BCUT2D eigenvalue weighted by molar-refractivity contribution is 5.78. The zero-order chi connectivity index (χ0) is 12.0. The van der Waals surface area contributed by atoms with Gasteiger partial charge >= 0.3 is 0 Å². The normalized spacial score (nSPS) is 22.1. The molecule has 0 saturated heterocycles. The molecule has 0 heterocycles. The van der Waals surface area contributed by atoms with Crippen LogP contribution in [0.4, 0.5) is 0 Å². The van der Waals surface area contributed by atoms with Gasteiger partial charge in [-0.05, 0) is 31.6 Å². The highest BCUT2D eigenvalue weighted by Crippen LogP contribution is 2.17. The van der Waals surface area contributed by atoms with Crippen molar-refractivity contribution in [3.05, 3.63) is 12.2 Å². The van der Waals surface area contributed by atoms with Crippen LogP contribution in [0.3, 0.4) is 0 Å². The van der Waals surface area contributed by atoms with Crippen molar-refractivity contribution in [1.29, 1.82) is 0 Å². The van der Waals surface area contributed by atoms with Crippen molar-refractivity contribution in [3.63, 3.8) is 0 Å². The Morgan fingerprint density at radius 2 is 2.25 bits per heavy atom. The Morgan fingerprint density at radius 3 is 2.81 bits per heavy atom. The first kappa shape index (κ1) is 13.2. The molecule has 2 atom stereocenters. The lowest BCUT2D eigenvalue weighted by Crippen LogP contribution is -2.37. The van der Waals surface area contributed by atoms with E-state index in [-0.39, 0.29) is 11.8 Å². The van der Waals surface area contributed by atoms with Crippen LogP contribution in [0.1, 0.15) is 39.5 Å². The number of carbonyl (C=O) groups is 1. The van der Waals surface area contributed by atoms with Gasteiger partial charge in [-0.1, -0.05) is 26.0 Å². The minimum atomic E-state index is -0.414. The van der Waals surface area contributed by atoms with Gasteiger partial charge in [-0.3, -0.25) is 4.79 Å². The summed E-state index contributed by atoms with van der Waals surface area (Å²) in [5, 5.41) is 12.5. The van der Waals surface area contributed by atoms with E-state index in [9.17, 15) is 9.90 Å². The van der Waals surface area contributed by atoms with Crippen LogP contribution in [-0.2, 0) is 4.79 Å². The van der Waals surface area contributed by atoms with Gasteiger partial charge in [-0.15, -0.1) is 0 Å². The molecule has 1 aliphatic carbocycles. The number of aliphatic hydroxyl groups is 1. The van der Waals surface area contributed by atoms with E-state index in [2.05, 4.69) is 31.3 Å². The first-order valence-electron chi connectivity index (χ1n) is 6.20. The topological polar surface area (TPSA) is 49.3 Å². The molecule has 0 fully saturated rings. The van der Waals surface area contributed by atoms with Gasteiger partial charge in [-0.25, -0.2) is 0 Å². The van der Waals surface area contributed by atoms with E-state index in [4.69, 9.17) is 0 Å². The Balaban J connectivity index is 2.21. The molecule has 2 unspecified atom stereocenters. The van der Waals surface area contributed by atoms with Crippen LogP contribution in [0.5, 0.6) is 0 Å². The zero-order valence-electron chi connectivity index (χ0n) is 10.3. The van der Waals surface area contributed by atoms with E-state index < -0.39 is 6.10 Å². The summed E-state index contributed by atoms with van der Waals surface area (Å²) in [4.78, 5) is 11.7. The number of amides is 1. The minimum Gasteiger partial charge on any atom is -0.391 e. The molecule has 0 bridgehead atoms. The summed E-state index contributed by atoms with van der Waals surface area (Å²) >= 11 is 0. The standard InChI is InChI=1S/C13H23NO2/c1-10(2)8-12(15)9-14-13(16)11-6-4-3-5-7-11/h3-4,10-12,15H,5-9H2,1-2H3,(H,14,16). The van der Waals surface area contributed by atoms with Crippen molar-refractivity contribution in [2.75, 3.05) is 6.54 Å². The quantitative estimate of drug-likeness (QED) is 0.702. The van der Waals surface area contributed by atoms with Gasteiger partial charge in [0.05, 0.1) is 6.10 Å². The molecule has 1 aliphatic rings. The summed E-state index contributed by atoms with van der Waals surface area (Å²) in [6.07, 6.45) is 7.28. The van der Waals surface area contributed by atoms with Gasteiger partial charge in [0.15, 0.2) is 0 Å². The fraction of sp³-hybridized carbons (Fsp3) is 0.769. The number of hydrogen-bond donors (Lipinski definition) is 2. The summed E-state index contributed by atoms with van der Waals surface area (Å²) in [6, 6.07) is 0. The molecule has 3 heteroatoms. The van der Waals surface area contributed by atoms with Crippen LogP contribution in [-0.4, -0.2) is 23.7 Å². The lowest BCUT2D eigenvalue weighted by molar-refractivity contribution is -0.125.